The molecule has 22 heavy (non-hydrogen) atoms. The average Bonchev–Trinajstić information content (AvgIpc) is 2.97. The van der Waals surface area contributed by atoms with Crippen molar-refractivity contribution in [1.29, 1.82) is 0 Å². The molecule has 0 saturated carbocycles. The number of pyridine rings is 1. The van der Waals surface area contributed by atoms with Crippen molar-refractivity contribution in [3.05, 3.63) is 47.7 Å². The largest absolute Gasteiger partial charge is 0.462 e. The molecule has 3 rings (SSSR count). The van der Waals surface area contributed by atoms with Crippen molar-refractivity contribution >= 4 is 28.9 Å². The molecule has 0 fully saturated rings. The molecule has 0 radical (unpaired) electrons. The summed E-state index contributed by atoms with van der Waals surface area (Å²) < 4.78 is 4.85. The lowest BCUT2D eigenvalue weighted by Gasteiger charge is -1.99. The smallest absolute Gasteiger partial charge is 0.293 e. The summed E-state index contributed by atoms with van der Waals surface area (Å²) in [5.41, 5.74) is 1.39. The van der Waals surface area contributed by atoms with E-state index in [1.165, 1.54) is 11.3 Å². The van der Waals surface area contributed by atoms with Crippen molar-refractivity contribution in [1.82, 2.24) is 19.9 Å². The minimum atomic E-state index is 0.143. The minimum absolute atomic E-state index is 0.143. The van der Waals surface area contributed by atoms with E-state index in [9.17, 15) is 4.79 Å². The second kappa shape index (κ2) is 6.72. The number of nitrogens with zero attached hydrogens (tertiary/aromatic N) is 4. The highest BCUT2D eigenvalue weighted by Gasteiger charge is 2.15. The van der Waals surface area contributed by atoms with Crippen molar-refractivity contribution < 1.29 is 9.53 Å². The summed E-state index contributed by atoms with van der Waals surface area (Å²) in [6, 6.07) is 7.28. The van der Waals surface area contributed by atoms with Gasteiger partial charge in [0, 0.05) is 18.6 Å². The number of nitrogens with one attached hydrogen (secondary N) is 1. The fourth-order valence-corrected chi connectivity index (χ4v) is 2.66. The molecule has 3 aromatic rings. The zero-order chi connectivity index (χ0) is 15.2. The van der Waals surface area contributed by atoms with Gasteiger partial charge in [0.25, 0.3) is 6.47 Å². The molecule has 0 spiro atoms. The van der Waals surface area contributed by atoms with Crippen molar-refractivity contribution in [2.75, 3.05) is 5.32 Å². The van der Waals surface area contributed by atoms with Crippen LogP contribution < -0.4 is 5.32 Å². The number of carbonyl (C=O) groups is 1. The van der Waals surface area contributed by atoms with Crippen molar-refractivity contribution in [3.8, 4) is 11.4 Å². The van der Waals surface area contributed by atoms with Crippen molar-refractivity contribution in [2.24, 2.45) is 0 Å². The molecule has 8 heteroatoms. The second-order valence-corrected chi connectivity index (χ2v) is 5.19. The maximum Gasteiger partial charge on any atom is 0.293 e. The van der Waals surface area contributed by atoms with Crippen LogP contribution in [-0.2, 0) is 16.1 Å². The van der Waals surface area contributed by atoms with Crippen molar-refractivity contribution in [3.63, 3.8) is 0 Å². The van der Waals surface area contributed by atoms with E-state index >= 15 is 0 Å². The van der Waals surface area contributed by atoms with E-state index in [1.54, 1.807) is 24.7 Å². The predicted molar refractivity (Wildman–Crippen MR) is 81.5 cm³/mol. The Morgan fingerprint density at radius 1 is 1.14 bits per heavy atom. The van der Waals surface area contributed by atoms with Crippen LogP contribution in [0.5, 0.6) is 0 Å². The van der Waals surface area contributed by atoms with E-state index in [4.69, 9.17) is 4.74 Å². The third-order valence-electron chi connectivity index (χ3n) is 2.67. The molecule has 0 unspecified atom stereocenters. The molecule has 0 aliphatic carbocycles. The van der Waals surface area contributed by atoms with E-state index in [1.807, 2.05) is 18.2 Å². The number of carbonyl (C=O) groups excluding carboxylic acids is 1. The highest BCUT2D eigenvalue weighted by Crippen LogP contribution is 2.31. The fraction of sp³-hybridized carbons (Fsp3) is 0.0714. The molecule has 3 aromatic heterocycles. The van der Waals surface area contributed by atoms with E-state index in [-0.39, 0.29) is 6.61 Å². The van der Waals surface area contributed by atoms with Gasteiger partial charge in [-0.05, 0) is 18.2 Å². The molecule has 0 atom stereocenters. The van der Waals surface area contributed by atoms with E-state index in [0.29, 0.717) is 28.9 Å². The summed E-state index contributed by atoms with van der Waals surface area (Å²) >= 11 is 1.36. The Labute approximate surface area is 130 Å². The summed E-state index contributed by atoms with van der Waals surface area (Å²) in [5, 5.41) is 3.63. The van der Waals surface area contributed by atoms with E-state index < -0.39 is 0 Å². The van der Waals surface area contributed by atoms with E-state index in [0.717, 1.165) is 4.88 Å². The topological polar surface area (TPSA) is 89.9 Å². The van der Waals surface area contributed by atoms with Gasteiger partial charge in [-0.25, -0.2) is 15.0 Å². The van der Waals surface area contributed by atoms with Crippen LogP contribution in [-0.4, -0.2) is 26.4 Å². The Kier molecular flexibility index (Phi) is 4.30. The highest BCUT2D eigenvalue weighted by molar-refractivity contribution is 7.16. The van der Waals surface area contributed by atoms with Crippen LogP contribution in [0.1, 0.15) is 4.88 Å². The van der Waals surface area contributed by atoms with Crippen LogP contribution in [0.3, 0.4) is 0 Å². The number of rotatable bonds is 6. The van der Waals surface area contributed by atoms with Gasteiger partial charge in [0.05, 0.1) is 10.6 Å². The van der Waals surface area contributed by atoms with Crippen LogP contribution in [0.2, 0.25) is 0 Å². The first-order valence-corrected chi connectivity index (χ1v) is 7.19. The lowest BCUT2D eigenvalue weighted by molar-refractivity contribution is -0.129. The molecule has 0 aliphatic rings. The lowest BCUT2D eigenvalue weighted by Crippen LogP contribution is -1.95. The van der Waals surface area contributed by atoms with Gasteiger partial charge in [0.1, 0.15) is 12.3 Å². The zero-order valence-electron chi connectivity index (χ0n) is 11.3. The number of hydrogen-bond acceptors (Lipinski definition) is 8. The first-order chi connectivity index (χ1) is 10.9. The number of anilines is 2. The monoisotopic (exact) mass is 313 g/mol. The Morgan fingerprint density at radius 3 is 2.68 bits per heavy atom. The maximum atomic E-state index is 10.4. The van der Waals surface area contributed by atoms with Crippen LogP contribution in [0, 0.1) is 0 Å². The minimum Gasteiger partial charge on any atom is -0.462 e. The average molecular weight is 313 g/mol. The van der Waals surface area contributed by atoms with Crippen LogP contribution in [0.15, 0.2) is 42.9 Å². The predicted octanol–water partition coefficient (Wildman–Crippen LogP) is 2.41. The quantitative estimate of drug-likeness (QED) is 0.699. The molecule has 1 N–H and O–H groups in total. The first-order valence-electron chi connectivity index (χ1n) is 6.37. The van der Waals surface area contributed by atoms with Gasteiger partial charge in [-0.1, -0.05) is 17.4 Å². The third-order valence-corrected chi connectivity index (χ3v) is 3.62. The second-order valence-electron chi connectivity index (χ2n) is 4.11. The Morgan fingerprint density at radius 2 is 1.95 bits per heavy atom. The van der Waals surface area contributed by atoms with Gasteiger partial charge < -0.3 is 10.1 Å². The molecule has 0 saturated heterocycles. The normalized spacial score (nSPS) is 10.2. The molecule has 0 amide bonds. The molecule has 0 aliphatic heterocycles. The first kappa shape index (κ1) is 14.1. The standard InChI is InChI=1S/C14H11N5O2S/c20-9-21-8-11-12(10-4-1-2-5-15-10)18-14(22-11)19-13-16-6-3-7-17-13/h1-7,9H,8H2,(H,16,17,18,19). The molecule has 7 nitrogen and oxygen atoms in total. The summed E-state index contributed by atoms with van der Waals surface area (Å²) in [7, 11) is 0. The van der Waals surface area contributed by atoms with Crippen LogP contribution in [0.25, 0.3) is 11.4 Å². The van der Waals surface area contributed by atoms with Gasteiger partial charge in [-0.2, -0.15) is 0 Å². The Bertz CT molecular complexity index is 748. The summed E-state index contributed by atoms with van der Waals surface area (Å²) in [6.07, 6.45) is 4.96. The third kappa shape index (κ3) is 3.23. The summed E-state index contributed by atoms with van der Waals surface area (Å²) in [5.74, 6) is 0.451. The number of aromatic nitrogens is 4. The molecule has 3 heterocycles. The summed E-state index contributed by atoms with van der Waals surface area (Å²) in [4.78, 5) is 28.2. The molecular formula is C14H11N5O2S. The summed E-state index contributed by atoms with van der Waals surface area (Å²) in [6.45, 7) is 0.555. The number of ether oxygens (including phenoxy) is 1. The van der Waals surface area contributed by atoms with Crippen LogP contribution in [0.4, 0.5) is 11.1 Å². The van der Waals surface area contributed by atoms with Gasteiger partial charge in [-0.15, -0.1) is 0 Å². The van der Waals surface area contributed by atoms with Gasteiger partial charge in [0.2, 0.25) is 5.95 Å². The maximum absolute atomic E-state index is 10.4. The van der Waals surface area contributed by atoms with E-state index in [2.05, 4.69) is 25.3 Å². The molecule has 0 bridgehead atoms. The highest BCUT2D eigenvalue weighted by atomic mass is 32.1. The lowest BCUT2D eigenvalue weighted by atomic mass is 10.2. The van der Waals surface area contributed by atoms with Gasteiger partial charge in [0.15, 0.2) is 5.13 Å². The molecule has 110 valence electrons. The fourth-order valence-electron chi connectivity index (χ4n) is 1.77. The Hall–Kier alpha value is -2.87. The number of hydrogen-bond donors (Lipinski definition) is 1. The molecule has 0 aromatic carbocycles. The van der Waals surface area contributed by atoms with Crippen LogP contribution >= 0.6 is 11.3 Å². The van der Waals surface area contributed by atoms with Gasteiger partial charge in [-0.3, -0.25) is 9.78 Å². The SMILES string of the molecule is O=COCc1sc(Nc2ncccn2)nc1-c1ccccn1. The van der Waals surface area contributed by atoms with Crippen molar-refractivity contribution in [2.45, 2.75) is 6.61 Å². The van der Waals surface area contributed by atoms with Gasteiger partial charge >= 0.3 is 0 Å². The molecular weight excluding hydrogens is 302 g/mol. The Balaban J connectivity index is 1.92. The number of thiazole rings is 1. The zero-order valence-corrected chi connectivity index (χ0v) is 12.2.